The van der Waals surface area contributed by atoms with E-state index in [1.165, 1.54) is 46.8 Å². The van der Waals surface area contributed by atoms with Gasteiger partial charge < -0.3 is 4.74 Å². The van der Waals surface area contributed by atoms with E-state index in [-0.39, 0.29) is 31.1 Å². The van der Waals surface area contributed by atoms with E-state index in [4.69, 9.17) is 0 Å². The molecule has 210 valence electrons. The fourth-order valence-corrected chi connectivity index (χ4v) is 6.73. The highest BCUT2D eigenvalue weighted by Crippen LogP contribution is 2.36. The molecule has 0 bridgehead atoms. The minimum Gasteiger partial charge on any atom is -0.404 e. The van der Waals surface area contributed by atoms with Crippen LogP contribution in [0.5, 0.6) is 5.75 Å². The predicted octanol–water partition coefficient (Wildman–Crippen LogP) is 4.40. The van der Waals surface area contributed by atoms with Crippen LogP contribution in [0.25, 0.3) is 0 Å². The number of alkyl halides is 3. The number of para-hydroxylation sites is 1. The summed E-state index contributed by atoms with van der Waals surface area (Å²) in [5.74, 6) is -0.974. The average Bonchev–Trinajstić information content (AvgIpc) is 2.91. The zero-order valence-corrected chi connectivity index (χ0v) is 22.3. The maximum atomic E-state index is 13.1. The third-order valence-electron chi connectivity index (χ3n) is 6.59. The number of hydrogen-bond acceptors (Lipinski definition) is 4. The molecule has 1 unspecified atom stereocenters. The quantitative estimate of drug-likeness (QED) is 0.346. The van der Waals surface area contributed by atoms with Crippen LogP contribution in [-0.2, 0) is 33.2 Å². The first-order chi connectivity index (χ1) is 18.5. The lowest BCUT2D eigenvalue weighted by atomic mass is 9.73. The summed E-state index contributed by atoms with van der Waals surface area (Å²) in [7, 11) is -5.86. The fourth-order valence-electron chi connectivity index (χ4n) is 4.48. The summed E-state index contributed by atoms with van der Waals surface area (Å²) in [6.07, 6.45) is -4.19. The highest BCUT2D eigenvalue weighted by molar-refractivity contribution is 7.87. The van der Waals surface area contributed by atoms with Gasteiger partial charge in [0.05, 0.1) is 4.90 Å². The third-order valence-corrected chi connectivity index (χ3v) is 9.29. The van der Waals surface area contributed by atoms with Gasteiger partial charge in [-0.05, 0) is 48.2 Å². The second-order valence-electron chi connectivity index (χ2n) is 9.08. The second-order valence-corrected chi connectivity index (χ2v) is 12.1. The molecule has 0 aliphatic carbocycles. The van der Waals surface area contributed by atoms with Crippen molar-refractivity contribution in [1.29, 1.82) is 0 Å². The third kappa shape index (κ3) is 7.63. The molecule has 2 N–H and O–H groups in total. The summed E-state index contributed by atoms with van der Waals surface area (Å²) < 4.78 is 101. The molecule has 0 aromatic heterocycles. The van der Waals surface area contributed by atoms with Crippen molar-refractivity contribution in [2.24, 2.45) is 0 Å². The number of hydrogen-bond donors (Lipinski definition) is 2. The number of halogens is 4. The summed E-state index contributed by atoms with van der Waals surface area (Å²) in [6.45, 7) is 0.454. The van der Waals surface area contributed by atoms with Crippen molar-refractivity contribution in [2.75, 3.05) is 19.6 Å². The van der Waals surface area contributed by atoms with E-state index in [9.17, 15) is 30.2 Å². The van der Waals surface area contributed by atoms with Crippen LogP contribution in [-0.4, -0.2) is 42.9 Å². The van der Waals surface area contributed by atoms with Gasteiger partial charge in [-0.3, -0.25) is 0 Å². The zero-order valence-electron chi connectivity index (χ0n) is 20.7. The smallest absolute Gasteiger partial charge is 0.404 e. The molecule has 1 heterocycles. The second kappa shape index (κ2) is 12.1. The molecule has 1 aliphatic rings. The minimum absolute atomic E-state index is 0.00286. The first-order valence-corrected chi connectivity index (χ1v) is 14.6. The Morgan fingerprint density at radius 3 is 2.18 bits per heavy atom. The van der Waals surface area contributed by atoms with Crippen LogP contribution in [0.4, 0.5) is 17.6 Å². The molecule has 4 rings (SSSR count). The maximum Gasteiger partial charge on any atom is 0.573 e. The van der Waals surface area contributed by atoms with Gasteiger partial charge in [0.15, 0.2) is 0 Å². The van der Waals surface area contributed by atoms with Crippen LogP contribution in [0.3, 0.4) is 0 Å². The molecule has 7 nitrogen and oxygen atoms in total. The number of benzene rings is 3. The molecule has 1 fully saturated rings. The van der Waals surface area contributed by atoms with Crippen molar-refractivity contribution in [3.8, 4) is 5.75 Å². The molecule has 3 aromatic carbocycles. The molecule has 1 saturated heterocycles. The summed E-state index contributed by atoms with van der Waals surface area (Å²) in [6, 6.07) is 20.0. The molecule has 0 amide bonds. The van der Waals surface area contributed by atoms with E-state index in [1.54, 1.807) is 0 Å². The van der Waals surface area contributed by atoms with Crippen LogP contribution in [0.1, 0.15) is 24.0 Å². The van der Waals surface area contributed by atoms with Crippen molar-refractivity contribution in [2.45, 2.75) is 36.1 Å². The molecule has 3 aromatic rings. The van der Waals surface area contributed by atoms with Gasteiger partial charge in [0.2, 0.25) is 0 Å². The van der Waals surface area contributed by atoms with E-state index < -0.39 is 44.5 Å². The lowest BCUT2D eigenvalue weighted by molar-refractivity contribution is -0.275. The number of piperidine rings is 1. The van der Waals surface area contributed by atoms with E-state index in [0.29, 0.717) is 18.4 Å². The minimum atomic E-state index is -4.94. The molecule has 0 saturated carbocycles. The Kier molecular flexibility index (Phi) is 9.07. The zero-order chi connectivity index (χ0) is 28.1. The number of nitrogens with zero attached hydrogens (tertiary/aromatic N) is 1. The van der Waals surface area contributed by atoms with E-state index in [1.807, 2.05) is 30.3 Å². The summed E-state index contributed by atoms with van der Waals surface area (Å²) >= 11 is 0. The standard InChI is InChI=1S/C26H27F4N3O4S2/c27-22-12-10-20(11-13-22)18-32-39(35,36)33-16-14-25(15-17-33,21-6-2-1-3-7-21)19-31-38(34)24-9-5-4-8-23(24)37-26(28,29)30/h1-13,31-32H,14-19H2. The highest BCUT2D eigenvalue weighted by Gasteiger charge is 2.40. The SMILES string of the molecule is O=S(NCC1(c2ccccc2)CCN(S(=O)(=O)NCc2ccc(F)cc2)CC1)c1ccccc1OC(F)(F)F. The van der Waals surface area contributed by atoms with E-state index in [0.717, 1.165) is 11.6 Å². The first kappa shape index (κ1) is 29.2. The molecule has 0 spiro atoms. The van der Waals surface area contributed by atoms with E-state index in [2.05, 4.69) is 14.2 Å². The van der Waals surface area contributed by atoms with Crippen molar-refractivity contribution in [3.05, 3.63) is 95.8 Å². The fraction of sp³-hybridized carbons (Fsp3) is 0.308. The van der Waals surface area contributed by atoms with E-state index >= 15 is 0 Å². The summed E-state index contributed by atoms with van der Waals surface area (Å²) in [5, 5.41) is 0. The topological polar surface area (TPSA) is 87.7 Å². The van der Waals surface area contributed by atoms with Gasteiger partial charge in [-0.2, -0.15) is 17.4 Å². The molecule has 1 atom stereocenters. The lowest BCUT2D eigenvalue weighted by Gasteiger charge is -2.41. The van der Waals surface area contributed by atoms with Crippen LogP contribution in [0.2, 0.25) is 0 Å². The summed E-state index contributed by atoms with van der Waals surface area (Å²) in [5.41, 5.74) is 0.877. The van der Waals surface area contributed by atoms with Crippen LogP contribution in [0.15, 0.2) is 83.8 Å². The highest BCUT2D eigenvalue weighted by atomic mass is 32.2. The van der Waals surface area contributed by atoms with Gasteiger partial charge in [0, 0.05) is 31.6 Å². The van der Waals surface area contributed by atoms with Gasteiger partial charge in [-0.15, -0.1) is 13.2 Å². The van der Waals surface area contributed by atoms with Gasteiger partial charge in [-0.25, -0.2) is 13.3 Å². The summed E-state index contributed by atoms with van der Waals surface area (Å²) in [4.78, 5) is -0.150. The molecular weight excluding hydrogens is 558 g/mol. The molecular formula is C26H27F4N3O4S2. The molecule has 0 radical (unpaired) electrons. The lowest BCUT2D eigenvalue weighted by Crippen LogP contribution is -2.52. The van der Waals surface area contributed by atoms with Gasteiger partial charge in [0.1, 0.15) is 22.6 Å². The Morgan fingerprint density at radius 1 is 0.923 bits per heavy atom. The Morgan fingerprint density at radius 2 is 1.54 bits per heavy atom. The number of ether oxygens (including phenoxy) is 1. The maximum absolute atomic E-state index is 13.1. The molecule has 39 heavy (non-hydrogen) atoms. The van der Waals surface area contributed by atoms with Gasteiger partial charge >= 0.3 is 6.36 Å². The predicted molar refractivity (Wildman–Crippen MR) is 139 cm³/mol. The monoisotopic (exact) mass is 585 g/mol. The molecule has 13 heteroatoms. The largest absolute Gasteiger partial charge is 0.573 e. The first-order valence-electron chi connectivity index (χ1n) is 12.0. The van der Waals surface area contributed by atoms with Crippen molar-refractivity contribution >= 4 is 21.2 Å². The van der Waals surface area contributed by atoms with Crippen molar-refractivity contribution < 1.29 is 34.9 Å². The Balaban J connectivity index is 1.46. The Hall–Kier alpha value is -2.84. The Bertz CT molecular complexity index is 1380. The van der Waals surface area contributed by atoms with Crippen LogP contribution < -0.4 is 14.2 Å². The van der Waals surface area contributed by atoms with Crippen molar-refractivity contribution in [1.82, 2.24) is 13.7 Å². The van der Waals surface area contributed by atoms with Gasteiger partial charge in [-0.1, -0.05) is 54.6 Å². The van der Waals surface area contributed by atoms with Gasteiger partial charge in [0.25, 0.3) is 10.2 Å². The normalized spacial score (nSPS) is 17.0. The Labute approximate surface area is 227 Å². The number of nitrogens with one attached hydrogen (secondary N) is 2. The van der Waals surface area contributed by atoms with Crippen molar-refractivity contribution in [3.63, 3.8) is 0 Å². The molecule has 1 aliphatic heterocycles. The van der Waals surface area contributed by atoms with Crippen LogP contribution in [0, 0.1) is 5.82 Å². The average molecular weight is 586 g/mol. The van der Waals surface area contributed by atoms with Crippen LogP contribution >= 0.6 is 0 Å². The number of rotatable bonds is 10.